The summed E-state index contributed by atoms with van der Waals surface area (Å²) in [5.74, 6) is 0.140. The molecule has 0 fully saturated rings. The van der Waals surface area contributed by atoms with Gasteiger partial charge >= 0.3 is 0 Å². The Morgan fingerprint density at radius 1 is 1.36 bits per heavy atom. The molecule has 1 nitrogen and oxygen atoms in total. The van der Waals surface area contributed by atoms with Gasteiger partial charge in [0.25, 0.3) is 0 Å². The van der Waals surface area contributed by atoms with E-state index in [4.69, 9.17) is 0 Å². The SMILES string of the molecule is C=C1CC(C)(C)C2=C(SC=CS2)C1=O. The van der Waals surface area contributed by atoms with Gasteiger partial charge in [0.05, 0.1) is 4.91 Å². The zero-order valence-electron chi connectivity index (χ0n) is 8.29. The normalized spacial score (nSPS) is 25.3. The van der Waals surface area contributed by atoms with Crippen LogP contribution < -0.4 is 0 Å². The fourth-order valence-electron chi connectivity index (χ4n) is 1.78. The quantitative estimate of drug-likeness (QED) is 0.584. The monoisotopic (exact) mass is 224 g/mol. The lowest BCUT2D eigenvalue weighted by Gasteiger charge is -2.34. The third-order valence-corrected chi connectivity index (χ3v) is 4.89. The lowest BCUT2D eigenvalue weighted by Crippen LogP contribution is -2.25. The number of allylic oxidation sites excluding steroid dienone is 3. The molecule has 2 rings (SSSR count). The van der Waals surface area contributed by atoms with E-state index in [0.717, 1.165) is 16.9 Å². The maximum Gasteiger partial charge on any atom is 0.195 e. The summed E-state index contributed by atoms with van der Waals surface area (Å²) in [5.41, 5.74) is 0.820. The van der Waals surface area contributed by atoms with Crippen molar-refractivity contribution in [3.05, 3.63) is 32.8 Å². The Hall–Kier alpha value is -0.410. The van der Waals surface area contributed by atoms with Crippen molar-refractivity contribution in [2.75, 3.05) is 0 Å². The standard InChI is InChI=1S/C11H12OS2/c1-7-6-11(2,3)10-9(8(7)12)13-4-5-14-10/h4-5H,1,6H2,2-3H3. The fourth-order valence-corrected chi connectivity index (χ4v) is 4.01. The van der Waals surface area contributed by atoms with Gasteiger partial charge in [0.15, 0.2) is 5.78 Å². The maximum absolute atomic E-state index is 11.8. The van der Waals surface area contributed by atoms with Gasteiger partial charge in [-0.05, 0) is 22.8 Å². The van der Waals surface area contributed by atoms with Crippen LogP contribution in [0.3, 0.4) is 0 Å². The summed E-state index contributed by atoms with van der Waals surface area (Å²) >= 11 is 3.21. The molecule has 0 atom stereocenters. The highest BCUT2D eigenvalue weighted by Gasteiger charge is 2.37. The van der Waals surface area contributed by atoms with E-state index < -0.39 is 0 Å². The Kier molecular flexibility index (Phi) is 2.40. The van der Waals surface area contributed by atoms with Gasteiger partial charge in [0, 0.05) is 10.3 Å². The zero-order chi connectivity index (χ0) is 10.3. The third kappa shape index (κ3) is 1.48. The molecule has 74 valence electrons. The first-order chi connectivity index (χ1) is 6.52. The molecule has 0 bridgehead atoms. The molecule has 0 saturated carbocycles. The topological polar surface area (TPSA) is 17.1 Å². The molecule has 1 heterocycles. The predicted molar refractivity (Wildman–Crippen MR) is 63.9 cm³/mol. The van der Waals surface area contributed by atoms with Crippen LogP contribution >= 0.6 is 23.5 Å². The number of Topliss-reactive ketones (excluding diaryl/α,β-unsaturated/α-hetero) is 1. The molecule has 0 amide bonds. The second-order valence-corrected chi connectivity index (χ2v) is 5.99. The van der Waals surface area contributed by atoms with Crippen LogP contribution in [-0.2, 0) is 4.79 Å². The highest BCUT2D eigenvalue weighted by molar-refractivity contribution is 8.13. The summed E-state index contributed by atoms with van der Waals surface area (Å²) < 4.78 is 0. The third-order valence-electron chi connectivity index (χ3n) is 2.43. The van der Waals surface area contributed by atoms with Crippen molar-refractivity contribution in [2.45, 2.75) is 20.3 Å². The first-order valence-electron chi connectivity index (χ1n) is 4.48. The summed E-state index contributed by atoms with van der Waals surface area (Å²) in [7, 11) is 0. The Balaban J connectivity index is 2.51. The van der Waals surface area contributed by atoms with Gasteiger partial charge in [-0.3, -0.25) is 4.79 Å². The summed E-state index contributed by atoms with van der Waals surface area (Å²) in [5, 5.41) is 4.02. The first-order valence-corrected chi connectivity index (χ1v) is 6.24. The summed E-state index contributed by atoms with van der Waals surface area (Å²) in [6.45, 7) is 8.20. The van der Waals surface area contributed by atoms with Crippen molar-refractivity contribution < 1.29 is 4.79 Å². The second-order valence-electron chi connectivity index (χ2n) is 4.16. The second kappa shape index (κ2) is 3.31. The molecule has 0 radical (unpaired) electrons. The molecule has 1 aliphatic heterocycles. The molecule has 14 heavy (non-hydrogen) atoms. The van der Waals surface area contributed by atoms with Crippen molar-refractivity contribution in [3.63, 3.8) is 0 Å². The molecule has 1 aliphatic carbocycles. The van der Waals surface area contributed by atoms with Gasteiger partial charge in [0.1, 0.15) is 0 Å². The van der Waals surface area contributed by atoms with Crippen molar-refractivity contribution in [1.82, 2.24) is 0 Å². The van der Waals surface area contributed by atoms with Gasteiger partial charge in [-0.25, -0.2) is 0 Å². The van der Waals surface area contributed by atoms with Gasteiger partial charge in [-0.15, -0.1) is 11.8 Å². The number of carbonyl (C=O) groups is 1. The minimum atomic E-state index is 0.0722. The van der Waals surface area contributed by atoms with Crippen LogP contribution in [0, 0.1) is 5.41 Å². The molecular weight excluding hydrogens is 212 g/mol. The Morgan fingerprint density at radius 2 is 2.00 bits per heavy atom. The maximum atomic E-state index is 11.8. The van der Waals surface area contributed by atoms with E-state index in [0.29, 0.717) is 0 Å². The van der Waals surface area contributed by atoms with Gasteiger partial charge in [0.2, 0.25) is 0 Å². The van der Waals surface area contributed by atoms with E-state index in [2.05, 4.69) is 20.4 Å². The molecule has 0 aromatic carbocycles. The van der Waals surface area contributed by atoms with E-state index in [1.165, 1.54) is 16.7 Å². The number of carbonyl (C=O) groups excluding carboxylic acids is 1. The van der Waals surface area contributed by atoms with E-state index >= 15 is 0 Å². The summed E-state index contributed by atoms with van der Waals surface area (Å²) in [6.07, 6.45) is 0.784. The minimum absolute atomic E-state index is 0.0722. The number of hydrogen-bond donors (Lipinski definition) is 0. The van der Waals surface area contributed by atoms with Crippen LogP contribution in [0.5, 0.6) is 0 Å². The first kappa shape index (κ1) is 10.1. The molecule has 0 aromatic rings. The summed E-state index contributed by atoms with van der Waals surface area (Å²) in [6, 6.07) is 0. The zero-order valence-corrected chi connectivity index (χ0v) is 9.93. The van der Waals surface area contributed by atoms with Crippen LogP contribution in [0.15, 0.2) is 32.8 Å². The number of ketones is 1. The Labute approximate surface area is 92.7 Å². The highest BCUT2D eigenvalue weighted by Crippen LogP contribution is 2.51. The molecule has 0 saturated heterocycles. The van der Waals surface area contributed by atoms with Gasteiger partial charge in [-0.1, -0.05) is 32.2 Å². The molecular formula is C11H12OS2. The highest BCUT2D eigenvalue weighted by atomic mass is 32.2. The van der Waals surface area contributed by atoms with Crippen LogP contribution in [0.2, 0.25) is 0 Å². The van der Waals surface area contributed by atoms with Crippen LogP contribution in [0.4, 0.5) is 0 Å². The molecule has 0 unspecified atom stereocenters. The largest absolute Gasteiger partial charge is 0.288 e. The van der Waals surface area contributed by atoms with Gasteiger partial charge < -0.3 is 0 Å². The van der Waals surface area contributed by atoms with E-state index in [1.54, 1.807) is 11.8 Å². The number of hydrogen-bond acceptors (Lipinski definition) is 3. The van der Waals surface area contributed by atoms with Crippen LogP contribution in [-0.4, -0.2) is 5.78 Å². The fraction of sp³-hybridized carbons (Fsp3) is 0.364. The van der Waals surface area contributed by atoms with Crippen LogP contribution in [0.1, 0.15) is 20.3 Å². The van der Waals surface area contributed by atoms with E-state index in [9.17, 15) is 4.79 Å². The molecule has 2 aliphatic rings. The van der Waals surface area contributed by atoms with Crippen molar-refractivity contribution in [2.24, 2.45) is 5.41 Å². The van der Waals surface area contributed by atoms with E-state index in [-0.39, 0.29) is 11.2 Å². The van der Waals surface area contributed by atoms with Crippen LogP contribution in [0.25, 0.3) is 0 Å². The van der Waals surface area contributed by atoms with Gasteiger partial charge in [-0.2, -0.15) is 0 Å². The number of thioether (sulfide) groups is 2. The Bertz CT molecular complexity index is 375. The lowest BCUT2D eigenvalue weighted by molar-refractivity contribution is -0.112. The van der Waals surface area contributed by atoms with Crippen molar-refractivity contribution in [1.29, 1.82) is 0 Å². The minimum Gasteiger partial charge on any atom is -0.288 e. The average Bonchev–Trinajstić information content (AvgIpc) is 2.14. The molecule has 0 aromatic heterocycles. The smallest absolute Gasteiger partial charge is 0.195 e. The Morgan fingerprint density at radius 3 is 2.71 bits per heavy atom. The predicted octanol–water partition coefficient (Wildman–Crippen LogP) is 3.70. The summed E-state index contributed by atoms with van der Waals surface area (Å²) in [4.78, 5) is 13.9. The molecule has 0 N–H and O–H groups in total. The average molecular weight is 224 g/mol. The lowest BCUT2D eigenvalue weighted by atomic mass is 9.79. The van der Waals surface area contributed by atoms with E-state index in [1.807, 2.05) is 10.8 Å². The van der Waals surface area contributed by atoms with Crippen molar-refractivity contribution >= 4 is 29.3 Å². The molecule has 3 heteroatoms. The molecule has 0 spiro atoms. The number of rotatable bonds is 0. The van der Waals surface area contributed by atoms with Crippen molar-refractivity contribution in [3.8, 4) is 0 Å².